The Morgan fingerprint density at radius 3 is 2.48 bits per heavy atom. The zero-order chi connectivity index (χ0) is 21.1. The lowest BCUT2D eigenvalue weighted by Gasteiger charge is -2.12. The van der Waals surface area contributed by atoms with E-state index in [2.05, 4.69) is 5.32 Å². The largest absolute Gasteiger partial charge is 0.479 e. The molecule has 150 valence electrons. The molecule has 0 saturated carbocycles. The van der Waals surface area contributed by atoms with E-state index in [0.717, 1.165) is 4.90 Å². The van der Waals surface area contributed by atoms with Crippen molar-refractivity contribution in [3.8, 4) is 5.75 Å². The number of nitrogens with zero attached hydrogens (tertiary/aromatic N) is 1. The number of benzene rings is 2. The normalized spacial score (nSPS) is 15.0. The van der Waals surface area contributed by atoms with Crippen molar-refractivity contribution in [2.24, 2.45) is 0 Å². The number of urea groups is 1. The SMILES string of the molecule is O=C(O)COc1c(Cl)cc(/C=C2/NC(=O)N(Cc3ccccc3F)C2=O)cc1Cl. The Bertz CT molecular complexity index is 1020. The summed E-state index contributed by atoms with van der Waals surface area (Å²) in [5, 5.41) is 11.2. The van der Waals surface area contributed by atoms with Crippen LogP contribution in [0, 0.1) is 5.82 Å². The molecule has 29 heavy (non-hydrogen) atoms. The highest BCUT2D eigenvalue weighted by Gasteiger charge is 2.34. The summed E-state index contributed by atoms with van der Waals surface area (Å²) >= 11 is 12.1. The maximum atomic E-state index is 13.8. The van der Waals surface area contributed by atoms with E-state index in [-0.39, 0.29) is 33.6 Å². The number of amides is 3. The smallest absolute Gasteiger partial charge is 0.341 e. The number of halogens is 3. The van der Waals surface area contributed by atoms with Gasteiger partial charge in [-0.05, 0) is 29.8 Å². The number of imide groups is 1. The van der Waals surface area contributed by atoms with Crippen LogP contribution in [0.25, 0.3) is 6.08 Å². The minimum Gasteiger partial charge on any atom is -0.479 e. The van der Waals surface area contributed by atoms with Gasteiger partial charge in [0, 0.05) is 5.56 Å². The van der Waals surface area contributed by atoms with E-state index in [0.29, 0.717) is 5.56 Å². The van der Waals surface area contributed by atoms with Crippen molar-refractivity contribution in [1.29, 1.82) is 0 Å². The predicted molar refractivity (Wildman–Crippen MR) is 103 cm³/mol. The van der Waals surface area contributed by atoms with Gasteiger partial charge in [-0.15, -0.1) is 0 Å². The Morgan fingerprint density at radius 1 is 1.21 bits per heavy atom. The molecule has 0 aliphatic carbocycles. The summed E-state index contributed by atoms with van der Waals surface area (Å²) in [4.78, 5) is 36.2. The molecule has 2 N–H and O–H groups in total. The summed E-state index contributed by atoms with van der Waals surface area (Å²) in [6, 6.07) is 7.94. The molecule has 1 aliphatic heterocycles. The molecule has 1 fully saturated rings. The van der Waals surface area contributed by atoms with Gasteiger partial charge in [0.25, 0.3) is 5.91 Å². The quantitative estimate of drug-likeness (QED) is 0.529. The lowest BCUT2D eigenvalue weighted by molar-refractivity contribution is -0.139. The van der Waals surface area contributed by atoms with Gasteiger partial charge in [0.1, 0.15) is 11.5 Å². The Kier molecular flexibility index (Phi) is 6.05. The van der Waals surface area contributed by atoms with Crippen LogP contribution in [0.1, 0.15) is 11.1 Å². The Labute approximate surface area is 174 Å². The summed E-state index contributed by atoms with van der Waals surface area (Å²) in [6.07, 6.45) is 1.35. The van der Waals surface area contributed by atoms with E-state index >= 15 is 0 Å². The molecule has 1 heterocycles. The molecule has 1 saturated heterocycles. The van der Waals surface area contributed by atoms with Crippen LogP contribution in [0.3, 0.4) is 0 Å². The van der Waals surface area contributed by atoms with Gasteiger partial charge in [-0.3, -0.25) is 9.69 Å². The van der Waals surface area contributed by atoms with Gasteiger partial charge in [-0.1, -0.05) is 41.4 Å². The second-order valence-electron chi connectivity index (χ2n) is 5.97. The van der Waals surface area contributed by atoms with Crippen molar-refractivity contribution < 1.29 is 28.6 Å². The van der Waals surface area contributed by atoms with Crippen LogP contribution in [-0.2, 0) is 16.1 Å². The van der Waals surface area contributed by atoms with Crippen molar-refractivity contribution in [1.82, 2.24) is 10.2 Å². The van der Waals surface area contributed by atoms with Crippen LogP contribution < -0.4 is 10.1 Å². The Hall–Kier alpha value is -3.10. The lowest BCUT2D eigenvalue weighted by atomic mass is 10.1. The lowest BCUT2D eigenvalue weighted by Crippen LogP contribution is -2.30. The van der Waals surface area contributed by atoms with E-state index in [1.807, 2.05) is 0 Å². The highest BCUT2D eigenvalue weighted by Crippen LogP contribution is 2.35. The summed E-state index contributed by atoms with van der Waals surface area (Å²) < 4.78 is 18.8. The van der Waals surface area contributed by atoms with Crippen molar-refractivity contribution in [3.63, 3.8) is 0 Å². The highest BCUT2D eigenvalue weighted by atomic mass is 35.5. The molecule has 0 aromatic heterocycles. The monoisotopic (exact) mass is 438 g/mol. The predicted octanol–water partition coefficient (Wildman–Crippen LogP) is 3.69. The van der Waals surface area contributed by atoms with Gasteiger partial charge in [0.05, 0.1) is 16.6 Å². The minimum atomic E-state index is -1.20. The molecular weight excluding hydrogens is 426 g/mol. The van der Waals surface area contributed by atoms with Crippen molar-refractivity contribution in [2.75, 3.05) is 6.61 Å². The average molecular weight is 439 g/mol. The zero-order valence-corrected chi connectivity index (χ0v) is 16.1. The molecule has 0 bridgehead atoms. The molecule has 2 aromatic carbocycles. The number of hydrogen-bond acceptors (Lipinski definition) is 4. The van der Waals surface area contributed by atoms with E-state index in [1.54, 1.807) is 6.07 Å². The van der Waals surface area contributed by atoms with Gasteiger partial charge < -0.3 is 15.2 Å². The number of carboxylic acid groups (broad SMARTS) is 1. The number of carbonyl (C=O) groups excluding carboxylic acids is 2. The van der Waals surface area contributed by atoms with Crippen molar-refractivity contribution in [3.05, 3.63) is 69.1 Å². The fraction of sp³-hybridized carbons (Fsp3) is 0.105. The van der Waals surface area contributed by atoms with E-state index < -0.39 is 30.3 Å². The van der Waals surface area contributed by atoms with Crippen molar-refractivity contribution in [2.45, 2.75) is 6.54 Å². The van der Waals surface area contributed by atoms with Crippen LogP contribution in [-0.4, -0.2) is 34.5 Å². The maximum absolute atomic E-state index is 13.8. The average Bonchev–Trinajstić information content (AvgIpc) is 2.90. The number of nitrogens with one attached hydrogen (secondary N) is 1. The van der Waals surface area contributed by atoms with Crippen molar-refractivity contribution >= 4 is 47.2 Å². The summed E-state index contributed by atoms with van der Waals surface area (Å²) in [5.74, 6) is -2.38. The fourth-order valence-electron chi connectivity index (χ4n) is 2.61. The molecule has 10 heteroatoms. The highest BCUT2D eigenvalue weighted by molar-refractivity contribution is 6.37. The fourth-order valence-corrected chi connectivity index (χ4v) is 3.23. The molecule has 2 aromatic rings. The third-order valence-electron chi connectivity index (χ3n) is 3.92. The van der Waals surface area contributed by atoms with E-state index in [4.69, 9.17) is 33.0 Å². The van der Waals surface area contributed by atoms with Crippen LogP contribution in [0.15, 0.2) is 42.1 Å². The topological polar surface area (TPSA) is 95.9 Å². The molecule has 1 aliphatic rings. The van der Waals surface area contributed by atoms with Crippen LogP contribution in [0.4, 0.5) is 9.18 Å². The first-order valence-electron chi connectivity index (χ1n) is 8.18. The van der Waals surface area contributed by atoms with Gasteiger partial charge in [0.15, 0.2) is 12.4 Å². The first-order valence-corrected chi connectivity index (χ1v) is 8.93. The molecule has 0 spiro atoms. The first-order chi connectivity index (χ1) is 13.8. The summed E-state index contributed by atoms with van der Waals surface area (Å²) in [7, 11) is 0. The third kappa shape index (κ3) is 4.67. The minimum absolute atomic E-state index is 0.0131. The van der Waals surface area contributed by atoms with E-state index in [9.17, 15) is 18.8 Å². The first kappa shape index (κ1) is 20.6. The van der Waals surface area contributed by atoms with Gasteiger partial charge in [-0.2, -0.15) is 0 Å². The Morgan fingerprint density at radius 2 is 1.86 bits per heavy atom. The molecule has 0 atom stereocenters. The number of aliphatic carboxylic acids is 1. The molecular formula is C19H13Cl2FN2O5. The molecule has 3 rings (SSSR count). The van der Waals surface area contributed by atoms with Crippen LogP contribution >= 0.6 is 23.2 Å². The van der Waals surface area contributed by atoms with Gasteiger partial charge in [0.2, 0.25) is 0 Å². The van der Waals surface area contributed by atoms with Crippen LogP contribution in [0.5, 0.6) is 5.75 Å². The number of ether oxygens (including phenoxy) is 1. The summed E-state index contributed by atoms with van der Waals surface area (Å²) in [5.41, 5.74) is 0.528. The molecule has 7 nitrogen and oxygen atoms in total. The third-order valence-corrected chi connectivity index (χ3v) is 4.48. The summed E-state index contributed by atoms with van der Waals surface area (Å²) in [6.45, 7) is -0.850. The molecule has 0 radical (unpaired) electrons. The second-order valence-corrected chi connectivity index (χ2v) is 6.78. The van der Waals surface area contributed by atoms with E-state index in [1.165, 1.54) is 36.4 Å². The number of carbonyl (C=O) groups is 3. The zero-order valence-electron chi connectivity index (χ0n) is 14.6. The van der Waals surface area contributed by atoms with Crippen LogP contribution in [0.2, 0.25) is 10.0 Å². The number of hydrogen-bond donors (Lipinski definition) is 2. The van der Waals surface area contributed by atoms with Gasteiger partial charge >= 0.3 is 12.0 Å². The molecule has 3 amide bonds. The number of carboxylic acids is 1. The van der Waals surface area contributed by atoms with Gasteiger partial charge in [-0.25, -0.2) is 14.0 Å². The number of rotatable bonds is 6. The standard InChI is InChI=1S/C19H13Cl2FN2O5/c20-12-5-10(6-13(21)17(12)29-9-16(25)26)7-15-18(27)24(19(28)23-15)8-11-3-1-2-4-14(11)22/h1-7H,8-9H2,(H,23,28)(H,25,26)/b15-7+. The molecule has 0 unspecified atom stereocenters. The maximum Gasteiger partial charge on any atom is 0.341 e. The second kappa shape index (κ2) is 8.50. The Balaban J connectivity index is 1.82.